The van der Waals surface area contributed by atoms with Crippen molar-refractivity contribution in [1.29, 1.82) is 0 Å². The van der Waals surface area contributed by atoms with Gasteiger partial charge in [0, 0.05) is 11.8 Å². The van der Waals surface area contributed by atoms with Crippen LogP contribution in [0.4, 0.5) is 18.0 Å². The summed E-state index contributed by atoms with van der Waals surface area (Å²) in [5.41, 5.74) is 3.66. The first kappa shape index (κ1) is 22.7. The maximum Gasteiger partial charge on any atom is 0.417 e. The lowest BCUT2D eigenvalue weighted by molar-refractivity contribution is -0.167. The Balaban J connectivity index is 1.65. The molecule has 2 aromatic carbocycles. The number of carboxylic acids is 1. The number of alkyl halides is 3. The SMILES string of the molecule is O=C(O)C#CCNC(=O)C(NC(=O)OCC1c2ccccc2-c2ccccc21)C(F)(F)F. The minimum atomic E-state index is -5.10. The van der Waals surface area contributed by atoms with E-state index in [0.717, 1.165) is 22.3 Å². The number of nitrogens with one attached hydrogen (secondary N) is 2. The summed E-state index contributed by atoms with van der Waals surface area (Å²) in [6.45, 7) is -0.861. The number of aliphatic carboxylic acids is 1. The van der Waals surface area contributed by atoms with Gasteiger partial charge in [-0.1, -0.05) is 54.5 Å². The second-order valence-corrected chi connectivity index (χ2v) is 6.77. The van der Waals surface area contributed by atoms with Crippen LogP contribution in [0.5, 0.6) is 0 Å². The summed E-state index contributed by atoms with van der Waals surface area (Å²) in [4.78, 5) is 34.2. The smallest absolute Gasteiger partial charge is 0.417 e. The third kappa shape index (κ3) is 5.18. The van der Waals surface area contributed by atoms with Gasteiger partial charge in [0.2, 0.25) is 6.04 Å². The molecular formula is C22H17F3N2O5. The molecule has 10 heteroatoms. The van der Waals surface area contributed by atoms with Gasteiger partial charge >= 0.3 is 18.2 Å². The molecule has 166 valence electrons. The highest BCUT2D eigenvalue weighted by Crippen LogP contribution is 2.44. The Labute approximate surface area is 180 Å². The number of amides is 2. The summed E-state index contributed by atoms with van der Waals surface area (Å²) < 4.78 is 44.8. The fourth-order valence-corrected chi connectivity index (χ4v) is 3.41. The van der Waals surface area contributed by atoms with Crippen molar-refractivity contribution in [2.45, 2.75) is 18.1 Å². The molecule has 0 bridgehead atoms. The first-order chi connectivity index (χ1) is 15.2. The number of hydrogen-bond donors (Lipinski definition) is 3. The van der Waals surface area contributed by atoms with Crippen LogP contribution in [0.3, 0.4) is 0 Å². The van der Waals surface area contributed by atoms with E-state index in [2.05, 4.69) is 0 Å². The number of hydrogen-bond acceptors (Lipinski definition) is 4. The largest absolute Gasteiger partial charge is 0.472 e. The van der Waals surface area contributed by atoms with E-state index in [0.29, 0.717) is 0 Å². The van der Waals surface area contributed by atoms with Crippen LogP contribution in [0.1, 0.15) is 17.0 Å². The topological polar surface area (TPSA) is 105 Å². The van der Waals surface area contributed by atoms with Crippen LogP contribution < -0.4 is 10.6 Å². The predicted octanol–water partition coefficient (Wildman–Crippen LogP) is 2.66. The van der Waals surface area contributed by atoms with E-state index in [1.54, 1.807) is 5.92 Å². The van der Waals surface area contributed by atoms with E-state index in [9.17, 15) is 27.6 Å². The van der Waals surface area contributed by atoms with Crippen LogP contribution in [0.2, 0.25) is 0 Å². The molecule has 0 fully saturated rings. The monoisotopic (exact) mass is 446 g/mol. The zero-order valence-electron chi connectivity index (χ0n) is 16.4. The Kier molecular flexibility index (Phi) is 6.68. The molecule has 0 aromatic heterocycles. The van der Waals surface area contributed by atoms with Gasteiger partial charge in [-0.3, -0.25) is 4.79 Å². The number of carbonyl (C=O) groups excluding carboxylic acids is 2. The number of ether oxygens (including phenoxy) is 1. The van der Waals surface area contributed by atoms with Crippen molar-refractivity contribution < 1.29 is 37.4 Å². The molecule has 1 atom stereocenters. The van der Waals surface area contributed by atoms with Gasteiger partial charge in [0.1, 0.15) is 6.61 Å². The average Bonchev–Trinajstić information content (AvgIpc) is 3.06. The molecule has 0 saturated carbocycles. The van der Waals surface area contributed by atoms with Gasteiger partial charge < -0.3 is 20.5 Å². The molecule has 32 heavy (non-hydrogen) atoms. The quantitative estimate of drug-likeness (QED) is 0.613. The molecular weight excluding hydrogens is 429 g/mol. The summed E-state index contributed by atoms with van der Waals surface area (Å²) in [6.07, 6.45) is -6.52. The van der Waals surface area contributed by atoms with Crippen molar-refractivity contribution in [1.82, 2.24) is 10.6 Å². The first-order valence-corrected chi connectivity index (χ1v) is 9.36. The highest BCUT2D eigenvalue weighted by Gasteiger charge is 2.46. The van der Waals surface area contributed by atoms with Crippen molar-refractivity contribution in [3.05, 3.63) is 59.7 Å². The summed E-state index contributed by atoms with van der Waals surface area (Å²) in [5, 5.41) is 11.7. The maximum absolute atomic E-state index is 13.2. The van der Waals surface area contributed by atoms with Crippen molar-refractivity contribution in [3.8, 4) is 23.0 Å². The molecule has 3 N–H and O–H groups in total. The molecule has 1 aliphatic rings. The normalized spacial score (nSPS) is 13.1. The molecule has 0 saturated heterocycles. The van der Waals surface area contributed by atoms with Crippen LogP contribution in [0.25, 0.3) is 11.1 Å². The Hall–Kier alpha value is -4.00. The predicted molar refractivity (Wildman–Crippen MR) is 106 cm³/mol. The number of alkyl carbamates (subject to hydrolysis) is 1. The standard InChI is InChI=1S/C22H17F3N2O5/c23-22(24,25)19(20(30)26-11-5-10-18(28)29)27-21(31)32-12-17-15-8-3-1-6-13(15)14-7-2-4-9-16(14)17/h1-4,6-9,17,19H,11-12H2,(H,26,30)(H,27,31)(H,28,29). The van der Waals surface area contributed by atoms with E-state index in [-0.39, 0.29) is 12.5 Å². The molecule has 2 amide bonds. The lowest BCUT2D eigenvalue weighted by atomic mass is 9.98. The maximum atomic E-state index is 13.2. The average molecular weight is 446 g/mol. The van der Waals surface area contributed by atoms with Crippen molar-refractivity contribution in [3.63, 3.8) is 0 Å². The number of benzene rings is 2. The third-order valence-corrected chi connectivity index (χ3v) is 4.74. The van der Waals surface area contributed by atoms with Crippen LogP contribution in [0, 0.1) is 11.8 Å². The second kappa shape index (κ2) is 9.43. The minimum Gasteiger partial charge on any atom is -0.472 e. The second-order valence-electron chi connectivity index (χ2n) is 6.77. The number of halogens is 3. The lowest BCUT2D eigenvalue weighted by Gasteiger charge is -2.21. The number of rotatable bonds is 5. The number of fused-ring (bicyclic) bond motifs is 3. The van der Waals surface area contributed by atoms with Gasteiger partial charge in [-0.05, 0) is 22.3 Å². The fraction of sp³-hybridized carbons (Fsp3) is 0.227. The summed E-state index contributed by atoms with van der Waals surface area (Å²) in [5.74, 6) is 0.157. The Bertz CT molecular complexity index is 1060. The van der Waals surface area contributed by atoms with Gasteiger partial charge in [-0.25, -0.2) is 9.59 Å². The Morgan fingerprint density at radius 3 is 2.12 bits per heavy atom. The Morgan fingerprint density at radius 1 is 1.03 bits per heavy atom. The van der Waals surface area contributed by atoms with Crippen LogP contribution in [0.15, 0.2) is 48.5 Å². The van der Waals surface area contributed by atoms with E-state index in [1.807, 2.05) is 59.8 Å². The molecule has 1 aliphatic carbocycles. The number of carboxylic acid groups (broad SMARTS) is 1. The van der Waals surface area contributed by atoms with Gasteiger partial charge in [-0.15, -0.1) is 0 Å². The summed E-state index contributed by atoms with van der Waals surface area (Å²) >= 11 is 0. The molecule has 0 heterocycles. The van der Waals surface area contributed by atoms with Gasteiger partial charge in [-0.2, -0.15) is 13.2 Å². The molecule has 0 radical (unpaired) electrons. The van der Waals surface area contributed by atoms with Crippen molar-refractivity contribution >= 4 is 18.0 Å². The highest BCUT2D eigenvalue weighted by atomic mass is 19.4. The van der Waals surface area contributed by atoms with Gasteiger partial charge in [0.05, 0.1) is 6.54 Å². The van der Waals surface area contributed by atoms with Crippen LogP contribution >= 0.6 is 0 Å². The first-order valence-electron chi connectivity index (χ1n) is 9.36. The van der Waals surface area contributed by atoms with Gasteiger partial charge in [0.15, 0.2) is 0 Å². The van der Waals surface area contributed by atoms with E-state index < -0.39 is 36.7 Å². The molecule has 1 unspecified atom stereocenters. The van der Waals surface area contributed by atoms with E-state index in [4.69, 9.17) is 9.84 Å². The highest BCUT2D eigenvalue weighted by molar-refractivity contribution is 5.88. The van der Waals surface area contributed by atoms with Crippen molar-refractivity contribution in [2.24, 2.45) is 0 Å². The van der Waals surface area contributed by atoms with Crippen LogP contribution in [-0.4, -0.2) is 48.4 Å². The van der Waals surface area contributed by atoms with E-state index in [1.165, 1.54) is 5.32 Å². The third-order valence-electron chi connectivity index (χ3n) is 4.74. The number of carbonyl (C=O) groups is 3. The Morgan fingerprint density at radius 2 is 1.59 bits per heavy atom. The van der Waals surface area contributed by atoms with Crippen molar-refractivity contribution in [2.75, 3.05) is 13.2 Å². The lowest BCUT2D eigenvalue weighted by Crippen LogP contribution is -2.55. The van der Waals surface area contributed by atoms with E-state index >= 15 is 0 Å². The molecule has 0 aliphatic heterocycles. The molecule has 0 spiro atoms. The van der Waals surface area contributed by atoms with Gasteiger partial charge in [0.25, 0.3) is 5.91 Å². The molecule has 2 aromatic rings. The minimum absolute atomic E-state index is 0.226. The summed E-state index contributed by atoms with van der Waals surface area (Å²) in [6, 6.07) is 12.0. The zero-order chi connectivity index (χ0) is 23.3. The molecule has 3 rings (SSSR count). The summed E-state index contributed by atoms with van der Waals surface area (Å²) in [7, 11) is 0. The fourth-order valence-electron chi connectivity index (χ4n) is 3.41. The van der Waals surface area contributed by atoms with Crippen LogP contribution in [-0.2, 0) is 14.3 Å². The zero-order valence-corrected chi connectivity index (χ0v) is 16.4. The molecule has 7 nitrogen and oxygen atoms in total.